The third-order valence-electron chi connectivity index (χ3n) is 3.31. The van der Waals surface area contributed by atoms with Crippen molar-refractivity contribution >= 4 is 34.4 Å². The molecule has 0 spiro atoms. The molecule has 1 aliphatic rings. The zero-order valence-electron chi connectivity index (χ0n) is 9.82. The first kappa shape index (κ1) is 11.4. The van der Waals surface area contributed by atoms with Crippen LogP contribution in [-0.4, -0.2) is 21.1 Å². The second kappa shape index (κ2) is 4.54. The Morgan fingerprint density at radius 3 is 3.12 bits per heavy atom. The normalized spacial score (nSPS) is 20.2. The van der Waals surface area contributed by atoms with Gasteiger partial charge in [-0.25, -0.2) is 4.98 Å². The molecule has 1 fully saturated rings. The van der Waals surface area contributed by atoms with Crippen LogP contribution in [0.5, 0.6) is 0 Å². The van der Waals surface area contributed by atoms with Gasteiger partial charge in [0.2, 0.25) is 0 Å². The van der Waals surface area contributed by atoms with Crippen molar-refractivity contribution in [1.29, 1.82) is 0 Å². The van der Waals surface area contributed by atoms with E-state index in [4.69, 9.17) is 11.6 Å². The van der Waals surface area contributed by atoms with E-state index in [0.717, 1.165) is 11.3 Å². The van der Waals surface area contributed by atoms with E-state index >= 15 is 0 Å². The summed E-state index contributed by atoms with van der Waals surface area (Å²) in [6.07, 6.45) is 1.23. The summed E-state index contributed by atoms with van der Waals surface area (Å²) in [7, 11) is 0. The minimum Gasteiger partial charge on any atom is -0.323 e. The van der Waals surface area contributed by atoms with Gasteiger partial charge in [-0.15, -0.1) is 11.6 Å². The Morgan fingerprint density at radius 1 is 1.53 bits per heavy atom. The Hall–Kier alpha value is -0.670. The van der Waals surface area contributed by atoms with Gasteiger partial charge in [0.25, 0.3) is 0 Å². The number of nitrogens with zero attached hydrogens (tertiary/aromatic N) is 2. The lowest BCUT2D eigenvalue weighted by atomic mass is 10.2. The van der Waals surface area contributed by atoms with Crippen molar-refractivity contribution in [3.05, 3.63) is 29.6 Å². The molecule has 3 rings (SSSR count). The zero-order valence-corrected chi connectivity index (χ0v) is 11.4. The lowest BCUT2D eigenvalue weighted by molar-refractivity contribution is 0.558. The highest BCUT2D eigenvalue weighted by Gasteiger charge is 2.22. The molecule has 1 saturated heterocycles. The first-order valence-corrected chi connectivity index (χ1v) is 7.59. The third-order valence-corrected chi connectivity index (χ3v) is 4.69. The average molecular weight is 267 g/mol. The fourth-order valence-electron chi connectivity index (χ4n) is 2.49. The number of benzene rings is 1. The van der Waals surface area contributed by atoms with Crippen LogP contribution in [0.4, 0.5) is 0 Å². The molecular formula is C13H15ClN2S. The molecule has 0 radical (unpaired) electrons. The predicted octanol–water partition coefficient (Wildman–Crippen LogP) is 3.76. The molecule has 0 aliphatic carbocycles. The van der Waals surface area contributed by atoms with Crippen LogP contribution in [0.25, 0.3) is 11.0 Å². The van der Waals surface area contributed by atoms with E-state index in [9.17, 15) is 0 Å². The second-order valence-corrected chi connectivity index (χ2v) is 5.96. The van der Waals surface area contributed by atoms with Crippen molar-refractivity contribution in [2.45, 2.75) is 25.3 Å². The number of aryl methyl sites for hydroxylation is 1. The molecule has 2 nitrogen and oxygen atoms in total. The molecule has 90 valence electrons. The van der Waals surface area contributed by atoms with Gasteiger partial charge in [0.15, 0.2) is 0 Å². The van der Waals surface area contributed by atoms with Crippen LogP contribution >= 0.6 is 23.4 Å². The number of alkyl halides is 1. The molecular weight excluding hydrogens is 252 g/mol. The summed E-state index contributed by atoms with van der Waals surface area (Å²) >= 11 is 8.05. The molecule has 4 heteroatoms. The molecule has 1 unspecified atom stereocenters. The molecule has 0 amide bonds. The Morgan fingerprint density at radius 2 is 2.41 bits per heavy atom. The van der Waals surface area contributed by atoms with Crippen molar-refractivity contribution in [2.75, 3.05) is 11.5 Å². The van der Waals surface area contributed by atoms with E-state index in [-0.39, 0.29) is 0 Å². The number of imidazole rings is 1. The van der Waals surface area contributed by atoms with E-state index in [1.807, 2.05) is 11.8 Å². The van der Waals surface area contributed by atoms with Crippen LogP contribution in [0.15, 0.2) is 18.2 Å². The molecule has 0 bridgehead atoms. The summed E-state index contributed by atoms with van der Waals surface area (Å²) in [4.78, 5) is 4.66. The standard InChI is InChI=1S/C13H15ClN2S/c1-9-2-3-12-11(6-9)15-13(7-14)16(12)10-4-5-17-8-10/h2-3,6,10H,4-5,7-8H2,1H3. The number of fused-ring (bicyclic) bond motifs is 1. The molecule has 0 saturated carbocycles. The highest BCUT2D eigenvalue weighted by Crippen LogP contribution is 2.32. The number of hydrogen-bond acceptors (Lipinski definition) is 2. The highest BCUT2D eigenvalue weighted by atomic mass is 35.5. The number of thioether (sulfide) groups is 1. The molecule has 1 aromatic carbocycles. The summed E-state index contributed by atoms with van der Waals surface area (Å²) in [5.74, 6) is 3.94. The van der Waals surface area contributed by atoms with Gasteiger partial charge in [-0.3, -0.25) is 0 Å². The minimum absolute atomic E-state index is 0.495. The Bertz CT molecular complexity index is 544. The zero-order chi connectivity index (χ0) is 11.8. The SMILES string of the molecule is Cc1ccc2c(c1)nc(CCl)n2C1CCSC1. The maximum atomic E-state index is 6.03. The Kier molecular flexibility index (Phi) is 3.05. The van der Waals surface area contributed by atoms with Gasteiger partial charge in [-0.1, -0.05) is 6.07 Å². The van der Waals surface area contributed by atoms with Crippen LogP contribution in [0, 0.1) is 6.92 Å². The van der Waals surface area contributed by atoms with Gasteiger partial charge in [0.1, 0.15) is 5.82 Å². The van der Waals surface area contributed by atoms with Crippen molar-refractivity contribution in [1.82, 2.24) is 9.55 Å². The molecule has 0 N–H and O–H groups in total. The Labute approximate surface area is 110 Å². The van der Waals surface area contributed by atoms with Crippen LogP contribution in [0.1, 0.15) is 23.9 Å². The maximum absolute atomic E-state index is 6.03. The van der Waals surface area contributed by atoms with E-state index in [0.29, 0.717) is 11.9 Å². The summed E-state index contributed by atoms with van der Waals surface area (Å²) in [6.45, 7) is 2.10. The molecule has 1 atom stereocenters. The average Bonchev–Trinajstić information content (AvgIpc) is 2.93. The molecule has 1 aromatic heterocycles. The summed E-state index contributed by atoms with van der Waals surface area (Å²) in [5, 5.41) is 0. The number of aromatic nitrogens is 2. The van der Waals surface area contributed by atoms with Gasteiger partial charge in [-0.05, 0) is 36.8 Å². The topological polar surface area (TPSA) is 17.8 Å². The third kappa shape index (κ3) is 1.95. The molecule has 17 heavy (non-hydrogen) atoms. The van der Waals surface area contributed by atoms with Gasteiger partial charge >= 0.3 is 0 Å². The fraction of sp³-hybridized carbons (Fsp3) is 0.462. The van der Waals surface area contributed by atoms with Gasteiger partial charge in [-0.2, -0.15) is 11.8 Å². The predicted molar refractivity (Wildman–Crippen MR) is 75.0 cm³/mol. The van der Waals surface area contributed by atoms with E-state index < -0.39 is 0 Å². The number of halogens is 1. The molecule has 1 aliphatic heterocycles. The monoisotopic (exact) mass is 266 g/mol. The van der Waals surface area contributed by atoms with Gasteiger partial charge in [0, 0.05) is 11.8 Å². The first-order valence-electron chi connectivity index (χ1n) is 5.91. The van der Waals surface area contributed by atoms with Crippen LogP contribution in [0.2, 0.25) is 0 Å². The second-order valence-electron chi connectivity index (χ2n) is 4.54. The van der Waals surface area contributed by atoms with Crippen molar-refractivity contribution in [3.63, 3.8) is 0 Å². The highest BCUT2D eigenvalue weighted by molar-refractivity contribution is 7.99. The maximum Gasteiger partial charge on any atom is 0.125 e. The van der Waals surface area contributed by atoms with Gasteiger partial charge in [0.05, 0.1) is 16.9 Å². The number of rotatable bonds is 2. The van der Waals surface area contributed by atoms with Crippen LogP contribution in [0.3, 0.4) is 0 Å². The molecule has 2 aromatic rings. The smallest absolute Gasteiger partial charge is 0.125 e. The van der Waals surface area contributed by atoms with E-state index in [2.05, 4.69) is 34.7 Å². The van der Waals surface area contributed by atoms with Crippen molar-refractivity contribution < 1.29 is 0 Å². The largest absolute Gasteiger partial charge is 0.323 e. The van der Waals surface area contributed by atoms with E-state index in [1.54, 1.807) is 0 Å². The summed E-state index contributed by atoms with van der Waals surface area (Å²) < 4.78 is 2.35. The Balaban J connectivity index is 2.19. The first-order chi connectivity index (χ1) is 8.29. The summed E-state index contributed by atoms with van der Waals surface area (Å²) in [5.41, 5.74) is 3.57. The van der Waals surface area contributed by atoms with E-state index in [1.165, 1.54) is 29.0 Å². The fourth-order valence-corrected chi connectivity index (χ4v) is 3.87. The van der Waals surface area contributed by atoms with Crippen LogP contribution in [-0.2, 0) is 5.88 Å². The molecule has 2 heterocycles. The van der Waals surface area contributed by atoms with Crippen molar-refractivity contribution in [3.8, 4) is 0 Å². The number of hydrogen-bond donors (Lipinski definition) is 0. The quantitative estimate of drug-likeness (QED) is 0.771. The van der Waals surface area contributed by atoms with Gasteiger partial charge < -0.3 is 4.57 Å². The van der Waals surface area contributed by atoms with Crippen LogP contribution < -0.4 is 0 Å². The minimum atomic E-state index is 0.495. The summed E-state index contributed by atoms with van der Waals surface area (Å²) in [6, 6.07) is 7.04. The lowest BCUT2D eigenvalue weighted by Gasteiger charge is -2.14. The lowest BCUT2D eigenvalue weighted by Crippen LogP contribution is -2.10. The van der Waals surface area contributed by atoms with Crippen molar-refractivity contribution in [2.24, 2.45) is 0 Å².